The molecular weight excluding hydrogens is 370 g/mol. The second-order valence-electron chi connectivity index (χ2n) is 6.65. The maximum absolute atomic E-state index is 12.3. The largest absolute Gasteiger partial charge is 0.493 e. The Kier molecular flexibility index (Phi) is 8.52. The topological polar surface area (TPSA) is 73.9 Å². The van der Waals surface area contributed by atoms with E-state index >= 15 is 0 Å². The molecular formula is C23H29NO5. The Morgan fingerprint density at radius 3 is 2.55 bits per heavy atom. The summed E-state index contributed by atoms with van der Waals surface area (Å²) in [4.78, 5) is 24.6. The summed E-state index contributed by atoms with van der Waals surface area (Å²) in [5, 5.41) is 2.84. The summed E-state index contributed by atoms with van der Waals surface area (Å²) in [6, 6.07) is 10.7. The summed E-state index contributed by atoms with van der Waals surface area (Å²) in [5.74, 6) is 0.0438. The van der Waals surface area contributed by atoms with Crippen LogP contribution in [-0.4, -0.2) is 32.2 Å². The minimum absolute atomic E-state index is 0.294. The van der Waals surface area contributed by atoms with Crippen molar-refractivity contribution >= 4 is 17.6 Å². The van der Waals surface area contributed by atoms with Crippen molar-refractivity contribution in [3.05, 3.63) is 53.1 Å². The first-order chi connectivity index (χ1) is 14.0. The highest BCUT2D eigenvalue weighted by molar-refractivity contribution is 5.96. The third-order valence-electron chi connectivity index (χ3n) is 4.49. The van der Waals surface area contributed by atoms with Gasteiger partial charge in [0, 0.05) is 5.69 Å². The van der Waals surface area contributed by atoms with E-state index < -0.39 is 5.97 Å². The lowest BCUT2D eigenvalue weighted by Gasteiger charge is -2.14. The molecule has 0 heterocycles. The third-order valence-corrected chi connectivity index (χ3v) is 4.49. The highest BCUT2D eigenvalue weighted by Gasteiger charge is 2.15. The molecule has 0 saturated carbocycles. The van der Waals surface area contributed by atoms with Crippen LogP contribution in [0.2, 0.25) is 0 Å². The van der Waals surface area contributed by atoms with Crippen molar-refractivity contribution in [1.29, 1.82) is 0 Å². The molecule has 2 rings (SSSR count). The van der Waals surface area contributed by atoms with E-state index in [0.717, 1.165) is 36.1 Å². The number of nitrogens with one attached hydrogen (secondary N) is 1. The maximum Gasteiger partial charge on any atom is 0.338 e. The first-order valence-corrected chi connectivity index (χ1v) is 9.86. The molecule has 0 aliphatic carbocycles. The van der Waals surface area contributed by atoms with E-state index in [-0.39, 0.29) is 12.5 Å². The Morgan fingerprint density at radius 2 is 1.86 bits per heavy atom. The number of rotatable bonds is 10. The van der Waals surface area contributed by atoms with Gasteiger partial charge in [0.2, 0.25) is 0 Å². The highest BCUT2D eigenvalue weighted by atomic mass is 16.5. The minimum atomic E-state index is -0.598. The van der Waals surface area contributed by atoms with E-state index in [0.29, 0.717) is 23.7 Å². The quantitative estimate of drug-likeness (QED) is 0.469. The van der Waals surface area contributed by atoms with Crippen LogP contribution in [0.15, 0.2) is 36.4 Å². The van der Waals surface area contributed by atoms with Crippen molar-refractivity contribution < 1.29 is 23.8 Å². The first-order valence-electron chi connectivity index (χ1n) is 9.86. The molecule has 1 N–H and O–H groups in total. The van der Waals surface area contributed by atoms with Gasteiger partial charge in [-0.05, 0) is 49.1 Å². The maximum atomic E-state index is 12.3. The number of unbranched alkanes of at least 4 members (excludes halogenated alkanes) is 1. The Balaban J connectivity index is 1.97. The standard InChI is InChI=1S/C23H29NO5/c1-5-7-13-28-19-12-11-18(14-20(19)27-4)23(26)29-15-21(25)24-22-16(3)9-8-10-17(22)6-2/h8-12,14H,5-7,13,15H2,1-4H3,(H,24,25). The van der Waals surface area contributed by atoms with Gasteiger partial charge in [-0.15, -0.1) is 0 Å². The lowest BCUT2D eigenvalue weighted by molar-refractivity contribution is -0.119. The molecule has 6 nitrogen and oxygen atoms in total. The van der Waals surface area contributed by atoms with Crippen LogP contribution in [-0.2, 0) is 16.0 Å². The van der Waals surface area contributed by atoms with Gasteiger partial charge in [0.1, 0.15) is 0 Å². The molecule has 0 aliphatic heterocycles. The summed E-state index contributed by atoms with van der Waals surface area (Å²) in [6.07, 6.45) is 2.75. The molecule has 0 bridgehead atoms. The van der Waals surface area contributed by atoms with Crippen molar-refractivity contribution in [2.75, 3.05) is 25.6 Å². The zero-order valence-corrected chi connectivity index (χ0v) is 17.5. The smallest absolute Gasteiger partial charge is 0.338 e. The van der Waals surface area contributed by atoms with E-state index in [4.69, 9.17) is 14.2 Å². The van der Waals surface area contributed by atoms with Gasteiger partial charge in [0.15, 0.2) is 18.1 Å². The van der Waals surface area contributed by atoms with Crippen LogP contribution < -0.4 is 14.8 Å². The molecule has 0 radical (unpaired) electrons. The predicted octanol–water partition coefficient (Wildman–Crippen LogP) is 4.54. The van der Waals surface area contributed by atoms with Crippen LogP contribution in [0.1, 0.15) is 48.2 Å². The molecule has 0 aromatic heterocycles. The van der Waals surface area contributed by atoms with Crippen LogP contribution in [0.5, 0.6) is 11.5 Å². The number of amides is 1. The second-order valence-corrected chi connectivity index (χ2v) is 6.65. The first kappa shape index (κ1) is 22.3. The van der Waals surface area contributed by atoms with Crippen LogP contribution in [0.4, 0.5) is 5.69 Å². The number of carbonyl (C=O) groups is 2. The molecule has 2 aromatic carbocycles. The van der Waals surface area contributed by atoms with E-state index in [1.807, 2.05) is 32.0 Å². The molecule has 29 heavy (non-hydrogen) atoms. The number of para-hydroxylation sites is 1. The van der Waals surface area contributed by atoms with Crippen LogP contribution in [0.25, 0.3) is 0 Å². The van der Waals surface area contributed by atoms with Gasteiger partial charge in [-0.3, -0.25) is 4.79 Å². The van der Waals surface area contributed by atoms with Crippen molar-refractivity contribution in [2.45, 2.75) is 40.0 Å². The molecule has 0 fully saturated rings. The lowest BCUT2D eigenvalue weighted by Crippen LogP contribution is -2.22. The van der Waals surface area contributed by atoms with Crippen LogP contribution >= 0.6 is 0 Å². The van der Waals surface area contributed by atoms with Crippen LogP contribution in [0, 0.1) is 6.92 Å². The van der Waals surface area contributed by atoms with Gasteiger partial charge in [0.25, 0.3) is 5.91 Å². The SMILES string of the molecule is CCCCOc1ccc(C(=O)OCC(=O)Nc2c(C)cccc2CC)cc1OC. The van der Waals surface area contributed by atoms with Crippen LogP contribution in [0.3, 0.4) is 0 Å². The normalized spacial score (nSPS) is 10.3. The average molecular weight is 399 g/mol. The number of ether oxygens (including phenoxy) is 3. The predicted molar refractivity (Wildman–Crippen MR) is 113 cm³/mol. The zero-order valence-electron chi connectivity index (χ0n) is 17.5. The Morgan fingerprint density at radius 1 is 1.07 bits per heavy atom. The minimum Gasteiger partial charge on any atom is -0.493 e. The molecule has 2 aromatic rings. The Hall–Kier alpha value is -3.02. The number of methoxy groups -OCH3 is 1. The molecule has 0 spiro atoms. The van der Waals surface area contributed by atoms with Gasteiger partial charge in [-0.2, -0.15) is 0 Å². The number of anilines is 1. The molecule has 0 unspecified atom stereocenters. The van der Waals surface area contributed by atoms with E-state index in [1.165, 1.54) is 7.11 Å². The summed E-state index contributed by atoms with van der Waals surface area (Å²) in [7, 11) is 1.51. The summed E-state index contributed by atoms with van der Waals surface area (Å²) < 4.78 is 16.1. The number of aryl methyl sites for hydroxylation is 2. The molecule has 0 aliphatic rings. The molecule has 0 atom stereocenters. The number of esters is 1. The Bertz CT molecular complexity index is 847. The summed E-state index contributed by atoms with van der Waals surface area (Å²) in [5.41, 5.74) is 3.06. The van der Waals surface area contributed by atoms with Crippen molar-refractivity contribution in [1.82, 2.24) is 0 Å². The van der Waals surface area contributed by atoms with E-state index in [9.17, 15) is 9.59 Å². The number of benzene rings is 2. The van der Waals surface area contributed by atoms with Gasteiger partial charge in [-0.1, -0.05) is 38.5 Å². The van der Waals surface area contributed by atoms with E-state index in [2.05, 4.69) is 12.2 Å². The fraction of sp³-hybridized carbons (Fsp3) is 0.391. The average Bonchev–Trinajstić information content (AvgIpc) is 2.73. The molecule has 1 amide bonds. The number of carbonyl (C=O) groups excluding carboxylic acids is 2. The van der Waals surface area contributed by atoms with Gasteiger partial charge < -0.3 is 19.5 Å². The van der Waals surface area contributed by atoms with Gasteiger partial charge in [-0.25, -0.2) is 4.79 Å². The van der Waals surface area contributed by atoms with Crippen molar-refractivity contribution in [3.63, 3.8) is 0 Å². The Labute approximate surface area is 172 Å². The monoisotopic (exact) mass is 399 g/mol. The van der Waals surface area contributed by atoms with Gasteiger partial charge >= 0.3 is 5.97 Å². The van der Waals surface area contributed by atoms with Gasteiger partial charge in [0.05, 0.1) is 19.3 Å². The van der Waals surface area contributed by atoms with E-state index in [1.54, 1.807) is 18.2 Å². The molecule has 156 valence electrons. The highest BCUT2D eigenvalue weighted by Crippen LogP contribution is 2.28. The van der Waals surface area contributed by atoms with Crippen molar-refractivity contribution in [3.8, 4) is 11.5 Å². The molecule has 6 heteroatoms. The number of hydrogen-bond acceptors (Lipinski definition) is 5. The molecule has 0 saturated heterocycles. The fourth-order valence-electron chi connectivity index (χ4n) is 2.83. The summed E-state index contributed by atoms with van der Waals surface area (Å²) >= 11 is 0. The fourth-order valence-corrected chi connectivity index (χ4v) is 2.83. The van der Waals surface area contributed by atoms with Crippen molar-refractivity contribution in [2.24, 2.45) is 0 Å². The number of hydrogen-bond donors (Lipinski definition) is 1. The second kappa shape index (κ2) is 11.1. The lowest BCUT2D eigenvalue weighted by atomic mass is 10.1. The third kappa shape index (κ3) is 6.24. The summed E-state index contributed by atoms with van der Waals surface area (Å²) in [6.45, 7) is 6.24. The zero-order chi connectivity index (χ0) is 21.2.